The minimum atomic E-state index is 0.120. The molecule has 74 valence electrons. The summed E-state index contributed by atoms with van der Waals surface area (Å²) in [6.45, 7) is 4.42. The minimum Gasteiger partial charge on any atom is -0.323 e. The largest absolute Gasteiger partial charge is 0.323 e. The van der Waals surface area contributed by atoms with Gasteiger partial charge in [-0.1, -0.05) is 25.4 Å². The van der Waals surface area contributed by atoms with Gasteiger partial charge in [0.25, 0.3) is 0 Å². The maximum absolute atomic E-state index is 6.01. The monoisotopic (exact) mass is 217 g/mol. The van der Waals surface area contributed by atoms with Gasteiger partial charge in [-0.05, 0) is 30.2 Å². The molecule has 0 aromatic carbocycles. The fourth-order valence-corrected chi connectivity index (χ4v) is 2.45. The second-order valence-corrected chi connectivity index (χ2v) is 5.07. The van der Waals surface area contributed by atoms with Gasteiger partial charge in [-0.3, -0.25) is 0 Å². The second kappa shape index (κ2) is 4.99. The van der Waals surface area contributed by atoms with E-state index in [0.717, 1.165) is 22.7 Å². The molecule has 0 unspecified atom stereocenters. The molecular formula is C10H16ClNS. The van der Waals surface area contributed by atoms with Crippen molar-refractivity contribution in [2.45, 2.75) is 32.7 Å². The molecular weight excluding hydrogens is 202 g/mol. The molecule has 3 heteroatoms. The lowest BCUT2D eigenvalue weighted by molar-refractivity contribution is 0.511. The maximum Gasteiger partial charge on any atom is 0.0561 e. The van der Waals surface area contributed by atoms with E-state index >= 15 is 0 Å². The summed E-state index contributed by atoms with van der Waals surface area (Å²) in [5.74, 6) is 0.713. The Hall–Kier alpha value is -0.0500. The van der Waals surface area contributed by atoms with Gasteiger partial charge < -0.3 is 5.73 Å². The van der Waals surface area contributed by atoms with Gasteiger partial charge in [0, 0.05) is 10.9 Å². The molecule has 0 bridgehead atoms. The van der Waals surface area contributed by atoms with E-state index in [4.69, 9.17) is 17.3 Å². The molecule has 0 aliphatic rings. The lowest BCUT2D eigenvalue weighted by Crippen LogP contribution is -2.09. The predicted molar refractivity (Wildman–Crippen MR) is 60.3 cm³/mol. The Kier molecular flexibility index (Phi) is 4.23. The Bertz CT molecular complexity index is 257. The number of nitrogens with two attached hydrogens (primary N) is 1. The highest BCUT2D eigenvalue weighted by molar-refractivity contribution is 7.10. The SMILES string of the molecule is CC(C)CC[C@@H](N)c1sccc1Cl. The van der Waals surface area contributed by atoms with Gasteiger partial charge >= 0.3 is 0 Å². The predicted octanol–water partition coefficient (Wildman–Crippen LogP) is 3.84. The number of hydrogen-bond donors (Lipinski definition) is 1. The summed E-state index contributed by atoms with van der Waals surface area (Å²) in [7, 11) is 0. The van der Waals surface area contributed by atoms with Gasteiger partial charge in [-0.2, -0.15) is 0 Å². The van der Waals surface area contributed by atoms with Crippen molar-refractivity contribution in [2.24, 2.45) is 11.7 Å². The molecule has 0 aliphatic heterocycles. The van der Waals surface area contributed by atoms with Crippen LogP contribution < -0.4 is 5.73 Å². The van der Waals surface area contributed by atoms with Crippen LogP contribution in [-0.2, 0) is 0 Å². The topological polar surface area (TPSA) is 26.0 Å². The van der Waals surface area contributed by atoms with Crippen molar-refractivity contribution in [1.82, 2.24) is 0 Å². The first-order chi connectivity index (χ1) is 6.11. The zero-order chi connectivity index (χ0) is 9.84. The molecule has 0 spiro atoms. The standard InChI is InChI=1S/C10H16ClNS/c1-7(2)3-4-9(12)10-8(11)5-6-13-10/h5-7,9H,3-4,12H2,1-2H3/t9-/m1/s1. The van der Waals surface area contributed by atoms with Crippen molar-refractivity contribution >= 4 is 22.9 Å². The van der Waals surface area contributed by atoms with Crippen molar-refractivity contribution in [3.8, 4) is 0 Å². The molecule has 1 aromatic rings. The number of hydrogen-bond acceptors (Lipinski definition) is 2. The highest BCUT2D eigenvalue weighted by Gasteiger charge is 2.11. The van der Waals surface area contributed by atoms with Gasteiger partial charge in [-0.15, -0.1) is 11.3 Å². The van der Waals surface area contributed by atoms with Crippen LogP contribution >= 0.6 is 22.9 Å². The Balaban J connectivity index is 2.49. The van der Waals surface area contributed by atoms with Crippen molar-refractivity contribution in [2.75, 3.05) is 0 Å². The van der Waals surface area contributed by atoms with Crippen molar-refractivity contribution in [1.29, 1.82) is 0 Å². The van der Waals surface area contributed by atoms with Crippen LogP contribution in [0.15, 0.2) is 11.4 Å². The van der Waals surface area contributed by atoms with Gasteiger partial charge in [0.1, 0.15) is 0 Å². The van der Waals surface area contributed by atoms with Crippen LogP contribution in [0.3, 0.4) is 0 Å². The Morgan fingerprint density at radius 3 is 2.62 bits per heavy atom. The molecule has 0 fully saturated rings. The lowest BCUT2D eigenvalue weighted by atomic mass is 10.0. The minimum absolute atomic E-state index is 0.120. The summed E-state index contributed by atoms with van der Waals surface area (Å²) in [6, 6.07) is 2.03. The molecule has 1 aromatic heterocycles. The summed E-state index contributed by atoms with van der Waals surface area (Å²) >= 11 is 7.63. The van der Waals surface area contributed by atoms with E-state index in [1.807, 2.05) is 11.4 Å². The smallest absolute Gasteiger partial charge is 0.0561 e. The van der Waals surface area contributed by atoms with E-state index in [9.17, 15) is 0 Å². The van der Waals surface area contributed by atoms with Gasteiger partial charge in [0.2, 0.25) is 0 Å². The van der Waals surface area contributed by atoms with Crippen LogP contribution in [0.4, 0.5) is 0 Å². The summed E-state index contributed by atoms with van der Waals surface area (Å²) in [5.41, 5.74) is 6.01. The quantitative estimate of drug-likeness (QED) is 0.815. The molecule has 0 saturated carbocycles. The Morgan fingerprint density at radius 2 is 2.15 bits per heavy atom. The Labute approximate surface area is 88.9 Å². The van der Waals surface area contributed by atoms with Crippen LogP contribution in [0.2, 0.25) is 5.02 Å². The van der Waals surface area contributed by atoms with E-state index in [0.29, 0.717) is 5.92 Å². The number of thiophene rings is 1. The summed E-state index contributed by atoms with van der Waals surface area (Å²) < 4.78 is 0. The first-order valence-electron chi connectivity index (χ1n) is 4.59. The van der Waals surface area contributed by atoms with Crippen LogP contribution in [0.25, 0.3) is 0 Å². The third-order valence-corrected chi connectivity index (χ3v) is 3.53. The third kappa shape index (κ3) is 3.29. The summed E-state index contributed by atoms with van der Waals surface area (Å²) in [4.78, 5) is 1.13. The van der Waals surface area contributed by atoms with E-state index < -0.39 is 0 Å². The molecule has 13 heavy (non-hydrogen) atoms. The summed E-state index contributed by atoms with van der Waals surface area (Å²) in [6.07, 6.45) is 2.19. The fraction of sp³-hybridized carbons (Fsp3) is 0.600. The van der Waals surface area contributed by atoms with E-state index in [1.54, 1.807) is 11.3 Å². The van der Waals surface area contributed by atoms with Gasteiger partial charge in [0.05, 0.1) is 5.02 Å². The van der Waals surface area contributed by atoms with E-state index in [2.05, 4.69) is 13.8 Å². The van der Waals surface area contributed by atoms with E-state index in [1.165, 1.54) is 0 Å². The first kappa shape index (κ1) is 11.0. The third-order valence-electron chi connectivity index (χ3n) is 2.04. The molecule has 1 rings (SSSR count). The van der Waals surface area contributed by atoms with Crippen molar-refractivity contribution in [3.63, 3.8) is 0 Å². The van der Waals surface area contributed by atoms with E-state index in [-0.39, 0.29) is 6.04 Å². The molecule has 0 saturated heterocycles. The number of rotatable bonds is 4. The lowest BCUT2D eigenvalue weighted by Gasteiger charge is -2.11. The maximum atomic E-state index is 6.01. The first-order valence-corrected chi connectivity index (χ1v) is 5.85. The van der Waals surface area contributed by atoms with Gasteiger partial charge in [0.15, 0.2) is 0 Å². The van der Waals surface area contributed by atoms with Crippen molar-refractivity contribution in [3.05, 3.63) is 21.3 Å². The van der Waals surface area contributed by atoms with Crippen LogP contribution in [-0.4, -0.2) is 0 Å². The zero-order valence-corrected chi connectivity index (χ0v) is 9.66. The molecule has 1 heterocycles. The highest BCUT2D eigenvalue weighted by atomic mass is 35.5. The normalized spacial score (nSPS) is 13.6. The van der Waals surface area contributed by atoms with Crippen LogP contribution in [0.5, 0.6) is 0 Å². The molecule has 1 atom stereocenters. The molecule has 2 N–H and O–H groups in total. The molecule has 1 nitrogen and oxygen atoms in total. The molecule has 0 aliphatic carbocycles. The number of halogens is 1. The van der Waals surface area contributed by atoms with Crippen molar-refractivity contribution < 1.29 is 0 Å². The average molecular weight is 218 g/mol. The second-order valence-electron chi connectivity index (χ2n) is 3.71. The summed E-state index contributed by atoms with van der Waals surface area (Å²) in [5, 5.41) is 2.81. The zero-order valence-electron chi connectivity index (χ0n) is 8.09. The average Bonchev–Trinajstić information content (AvgIpc) is 2.47. The van der Waals surface area contributed by atoms with Gasteiger partial charge in [-0.25, -0.2) is 0 Å². The van der Waals surface area contributed by atoms with Crippen LogP contribution in [0.1, 0.15) is 37.6 Å². The fourth-order valence-electron chi connectivity index (χ4n) is 1.21. The Morgan fingerprint density at radius 1 is 1.46 bits per heavy atom. The molecule has 0 amide bonds. The van der Waals surface area contributed by atoms with Crippen LogP contribution in [0, 0.1) is 5.92 Å². The highest BCUT2D eigenvalue weighted by Crippen LogP contribution is 2.30. The molecule has 0 radical (unpaired) electrons.